The number of rotatable bonds is 1. The van der Waals surface area contributed by atoms with E-state index < -0.39 is 5.97 Å². The Balaban J connectivity index is 2.52. The van der Waals surface area contributed by atoms with Gasteiger partial charge >= 0.3 is 0 Å². The number of carbonyl (C=O) groups excluding carboxylic acids is 1. The number of hydrogen-bond acceptors (Lipinski definition) is 3. The van der Waals surface area contributed by atoms with E-state index >= 15 is 0 Å². The van der Waals surface area contributed by atoms with E-state index in [1.807, 2.05) is 6.07 Å². The predicted octanol–water partition coefficient (Wildman–Crippen LogP) is -0.0640. The smallest absolute Gasteiger partial charge is 0.173 e. The zero-order valence-electron chi connectivity index (χ0n) is 6.65. The fourth-order valence-corrected chi connectivity index (χ4v) is 1.12. The number of nitrogens with zero attached hydrogens (tertiary/aromatic N) is 1. The van der Waals surface area contributed by atoms with E-state index in [0.29, 0.717) is 5.69 Å². The van der Waals surface area contributed by atoms with Crippen molar-refractivity contribution in [3.8, 4) is 0 Å². The van der Waals surface area contributed by atoms with Crippen LogP contribution in [0.3, 0.4) is 0 Å². The summed E-state index contributed by atoms with van der Waals surface area (Å²) in [6, 6.07) is 3.60. The first-order valence-corrected chi connectivity index (χ1v) is 3.75. The summed E-state index contributed by atoms with van der Waals surface area (Å²) in [6.07, 6.45) is 7.29. The molecule has 1 aromatic heterocycles. The van der Waals surface area contributed by atoms with Gasteiger partial charge in [0.05, 0.1) is 17.7 Å². The molecule has 0 aromatic carbocycles. The molecule has 0 N–H and O–H groups in total. The first-order chi connectivity index (χ1) is 6.27. The number of carboxylic acid groups (broad SMARTS) is 1. The average molecular weight is 171 g/mol. The molecule has 0 saturated carbocycles. The van der Waals surface area contributed by atoms with Crippen LogP contribution in [0, 0.1) is 6.08 Å². The van der Waals surface area contributed by atoms with Crippen molar-refractivity contribution in [2.75, 3.05) is 0 Å². The maximum Gasteiger partial charge on any atom is 0.173 e. The largest absolute Gasteiger partial charge is 0.535 e. The highest BCUT2D eigenvalue weighted by Crippen LogP contribution is 2.16. The fourth-order valence-electron chi connectivity index (χ4n) is 1.12. The molecule has 0 unspecified atom stereocenters. The van der Waals surface area contributed by atoms with Crippen LogP contribution in [0.4, 0.5) is 0 Å². The Labute approximate surface area is 75.0 Å². The number of fused-ring (bicyclic) bond motifs is 1. The molecule has 0 saturated heterocycles. The van der Waals surface area contributed by atoms with Gasteiger partial charge in [0.2, 0.25) is 0 Å². The summed E-state index contributed by atoms with van der Waals surface area (Å²) >= 11 is 0. The Hall–Kier alpha value is -1.99. The van der Waals surface area contributed by atoms with Gasteiger partial charge in [0.1, 0.15) is 5.97 Å². The highest BCUT2D eigenvalue weighted by Gasteiger charge is 2.14. The molecule has 2 rings (SSSR count). The second kappa shape index (κ2) is 2.81. The zero-order chi connectivity index (χ0) is 9.26. The van der Waals surface area contributed by atoms with Crippen LogP contribution in [0.1, 0.15) is 11.3 Å². The Morgan fingerprint density at radius 3 is 3.15 bits per heavy atom. The topological polar surface area (TPSA) is 53.0 Å². The molecule has 0 aliphatic heterocycles. The number of carboxylic acids is 1. The molecule has 0 bridgehead atoms. The quantitative estimate of drug-likeness (QED) is 0.556. The lowest BCUT2D eigenvalue weighted by atomic mass is 10.0. The maximum absolute atomic E-state index is 10.5. The van der Waals surface area contributed by atoms with Crippen LogP contribution in [0.25, 0.3) is 6.08 Å². The summed E-state index contributed by atoms with van der Waals surface area (Å²) in [7, 11) is 0. The van der Waals surface area contributed by atoms with Crippen molar-refractivity contribution in [1.82, 2.24) is 4.98 Å². The summed E-state index contributed by atoms with van der Waals surface area (Å²) in [4.78, 5) is 14.5. The number of pyridine rings is 1. The van der Waals surface area contributed by atoms with Crippen molar-refractivity contribution in [2.24, 2.45) is 0 Å². The molecular weight excluding hydrogens is 166 g/mol. The van der Waals surface area contributed by atoms with E-state index in [1.165, 1.54) is 12.2 Å². The molecule has 0 fully saturated rings. The maximum atomic E-state index is 10.5. The van der Waals surface area contributed by atoms with Crippen LogP contribution in [-0.2, 0) is 4.79 Å². The predicted molar refractivity (Wildman–Crippen MR) is 44.1 cm³/mol. The normalized spacial score (nSPS) is 12.8. The minimum absolute atomic E-state index is 0.103. The van der Waals surface area contributed by atoms with Gasteiger partial charge in [-0.3, -0.25) is 0 Å². The lowest BCUT2D eigenvalue weighted by Gasteiger charge is -2.01. The summed E-state index contributed by atoms with van der Waals surface area (Å²) in [6.45, 7) is 0. The van der Waals surface area contributed by atoms with E-state index in [-0.39, 0.29) is 5.57 Å². The van der Waals surface area contributed by atoms with Gasteiger partial charge in [-0.25, -0.2) is 4.98 Å². The molecule has 0 spiro atoms. The highest BCUT2D eigenvalue weighted by molar-refractivity contribution is 5.94. The van der Waals surface area contributed by atoms with E-state index in [0.717, 1.165) is 5.56 Å². The van der Waals surface area contributed by atoms with Crippen LogP contribution in [-0.4, -0.2) is 11.0 Å². The standard InChI is InChI=1S/C10H5NO2/c12-10(13)8-4-3-7-2-1-5-11-9(7)6-8/h1-2,4-6H. The summed E-state index contributed by atoms with van der Waals surface area (Å²) in [5, 5.41) is 10.5. The SMILES string of the molecule is O=C([O-])C1=Cc2ncccc2[C+]=C1. The van der Waals surface area contributed by atoms with Crippen molar-refractivity contribution in [3.63, 3.8) is 0 Å². The van der Waals surface area contributed by atoms with E-state index in [1.54, 1.807) is 12.3 Å². The Kier molecular flexibility index (Phi) is 1.65. The van der Waals surface area contributed by atoms with E-state index in [9.17, 15) is 9.90 Å². The third-order valence-electron chi connectivity index (χ3n) is 1.75. The highest BCUT2D eigenvalue weighted by atomic mass is 16.4. The van der Waals surface area contributed by atoms with Gasteiger partial charge in [-0.2, -0.15) is 0 Å². The summed E-state index contributed by atoms with van der Waals surface area (Å²) < 4.78 is 0. The summed E-state index contributed by atoms with van der Waals surface area (Å²) in [5.41, 5.74) is 1.52. The first kappa shape index (κ1) is 7.65. The van der Waals surface area contributed by atoms with E-state index in [2.05, 4.69) is 11.1 Å². The molecule has 1 aliphatic carbocycles. The van der Waals surface area contributed by atoms with Gasteiger partial charge < -0.3 is 9.90 Å². The van der Waals surface area contributed by atoms with Gasteiger partial charge in [0.15, 0.2) is 11.3 Å². The molecule has 3 nitrogen and oxygen atoms in total. The number of carbonyl (C=O) groups is 1. The Morgan fingerprint density at radius 2 is 2.38 bits per heavy atom. The van der Waals surface area contributed by atoms with Crippen LogP contribution in [0.15, 0.2) is 30.0 Å². The van der Waals surface area contributed by atoms with Crippen LogP contribution in [0.5, 0.6) is 0 Å². The fraction of sp³-hybridized carbons (Fsp3) is 0. The molecule has 0 radical (unpaired) electrons. The number of aromatic nitrogens is 1. The van der Waals surface area contributed by atoms with Crippen LogP contribution >= 0.6 is 0 Å². The van der Waals surface area contributed by atoms with Crippen molar-refractivity contribution in [3.05, 3.63) is 47.3 Å². The van der Waals surface area contributed by atoms with Gasteiger partial charge in [-0.1, -0.05) is 0 Å². The zero-order valence-corrected chi connectivity index (χ0v) is 6.65. The molecule has 13 heavy (non-hydrogen) atoms. The molecule has 62 valence electrons. The lowest BCUT2D eigenvalue weighted by Crippen LogP contribution is -2.24. The van der Waals surface area contributed by atoms with Gasteiger partial charge in [0.25, 0.3) is 0 Å². The molecule has 1 aromatic rings. The monoisotopic (exact) mass is 171 g/mol. The third-order valence-corrected chi connectivity index (χ3v) is 1.75. The molecule has 1 aliphatic rings. The lowest BCUT2D eigenvalue weighted by molar-refractivity contribution is -0.298. The van der Waals surface area contributed by atoms with E-state index in [4.69, 9.17) is 0 Å². The minimum atomic E-state index is -1.20. The number of aliphatic carboxylic acids is 1. The number of hydrogen-bond donors (Lipinski definition) is 0. The first-order valence-electron chi connectivity index (χ1n) is 3.75. The van der Waals surface area contributed by atoms with Crippen LogP contribution < -0.4 is 5.11 Å². The van der Waals surface area contributed by atoms with Crippen molar-refractivity contribution >= 4 is 12.0 Å². The average Bonchev–Trinajstić information content (AvgIpc) is 2.17. The molecule has 3 heteroatoms. The summed E-state index contributed by atoms with van der Waals surface area (Å²) in [5.74, 6) is -1.20. The molecule has 1 heterocycles. The second-order valence-electron chi connectivity index (χ2n) is 2.61. The van der Waals surface area contributed by atoms with Crippen molar-refractivity contribution in [2.45, 2.75) is 0 Å². The van der Waals surface area contributed by atoms with Crippen molar-refractivity contribution in [1.29, 1.82) is 0 Å². The van der Waals surface area contributed by atoms with Crippen molar-refractivity contribution < 1.29 is 9.90 Å². The van der Waals surface area contributed by atoms with Crippen LogP contribution in [0.2, 0.25) is 0 Å². The third kappa shape index (κ3) is 1.33. The second-order valence-corrected chi connectivity index (χ2v) is 2.61. The Bertz CT molecular complexity index is 419. The molecule has 0 amide bonds. The Morgan fingerprint density at radius 1 is 1.54 bits per heavy atom. The van der Waals surface area contributed by atoms with Gasteiger partial charge in [0, 0.05) is 24.4 Å². The minimum Gasteiger partial charge on any atom is -0.535 e. The molecule has 0 atom stereocenters. The molecular formula is C10H5NO2. The van der Waals surface area contributed by atoms with Gasteiger partial charge in [-0.15, -0.1) is 0 Å². The van der Waals surface area contributed by atoms with Gasteiger partial charge in [-0.05, 0) is 0 Å².